The van der Waals surface area contributed by atoms with E-state index in [1.807, 2.05) is 42.9 Å². The lowest BCUT2D eigenvalue weighted by Gasteiger charge is -2.12. The topological polar surface area (TPSA) is 48.3 Å². The van der Waals surface area contributed by atoms with Crippen LogP contribution in [0.15, 0.2) is 24.3 Å². The van der Waals surface area contributed by atoms with E-state index < -0.39 is 0 Å². The smallest absolute Gasteiger partial charge is 0.162 e. The van der Waals surface area contributed by atoms with E-state index in [0.717, 1.165) is 36.0 Å². The van der Waals surface area contributed by atoms with Crippen LogP contribution in [0.5, 0.6) is 11.5 Å². The first kappa shape index (κ1) is 15.4. The van der Waals surface area contributed by atoms with Crippen LogP contribution in [0.1, 0.15) is 23.9 Å². The number of ether oxygens (including phenoxy) is 2. The number of nitrogens with zero attached hydrogens (tertiary/aromatic N) is 2. The van der Waals surface area contributed by atoms with Crippen LogP contribution in [0.2, 0.25) is 0 Å². The van der Waals surface area contributed by atoms with Crippen LogP contribution in [-0.2, 0) is 20.2 Å². The summed E-state index contributed by atoms with van der Waals surface area (Å²) in [7, 11) is 3.57. The number of hydrogen-bond acceptors (Lipinski definition) is 4. The molecule has 0 saturated carbocycles. The summed E-state index contributed by atoms with van der Waals surface area (Å²) in [6.45, 7) is 6.29. The van der Waals surface area contributed by atoms with Crippen molar-refractivity contribution in [1.82, 2.24) is 15.1 Å². The van der Waals surface area contributed by atoms with Crippen molar-refractivity contribution in [3.63, 3.8) is 0 Å². The van der Waals surface area contributed by atoms with E-state index in [1.165, 1.54) is 5.56 Å². The van der Waals surface area contributed by atoms with Gasteiger partial charge in [-0.1, -0.05) is 13.0 Å². The summed E-state index contributed by atoms with van der Waals surface area (Å²) in [4.78, 5) is 0. The van der Waals surface area contributed by atoms with Crippen LogP contribution in [0.3, 0.4) is 0 Å². The second kappa shape index (κ2) is 7.13. The molecule has 1 N–H and O–H groups in total. The Kier molecular flexibility index (Phi) is 5.22. The molecule has 0 unspecified atom stereocenters. The summed E-state index contributed by atoms with van der Waals surface area (Å²) >= 11 is 0. The first-order chi connectivity index (χ1) is 10.1. The monoisotopic (exact) mass is 289 g/mol. The highest BCUT2D eigenvalue weighted by atomic mass is 16.5. The van der Waals surface area contributed by atoms with Crippen molar-refractivity contribution in [2.45, 2.75) is 27.0 Å². The molecule has 1 aromatic heterocycles. The molecule has 0 spiro atoms. The van der Waals surface area contributed by atoms with Gasteiger partial charge in [0.05, 0.1) is 18.5 Å². The molecule has 0 aliphatic rings. The van der Waals surface area contributed by atoms with Gasteiger partial charge in [0, 0.05) is 13.6 Å². The van der Waals surface area contributed by atoms with Gasteiger partial charge in [0.1, 0.15) is 6.61 Å². The molecule has 0 radical (unpaired) electrons. The predicted octanol–water partition coefficient (Wildman–Crippen LogP) is 2.43. The van der Waals surface area contributed by atoms with Crippen LogP contribution in [0.25, 0.3) is 0 Å². The molecule has 0 bridgehead atoms. The van der Waals surface area contributed by atoms with Crippen LogP contribution < -0.4 is 14.8 Å². The zero-order valence-electron chi connectivity index (χ0n) is 13.1. The van der Waals surface area contributed by atoms with Crippen molar-refractivity contribution in [1.29, 1.82) is 0 Å². The van der Waals surface area contributed by atoms with Crippen molar-refractivity contribution < 1.29 is 9.47 Å². The Bertz CT molecular complexity index is 593. The number of benzene rings is 1. The zero-order valence-corrected chi connectivity index (χ0v) is 13.1. The van der Waals surface area contributed by atoms with E-state index in [-0.39, 0.29) is 0 Å². The van der Waals surface area contributed by atoms with Crippen molar-refractivity contribution in [3.8, 4) is 11.5 Å². The number of aromatic nitrogens is 2. The Labute approximate surface area is 125 Å². The highest BCUT2D eigenvalue weighted by Crippen LogP contribution is 2.28. The van der Waals surface area contributed by atoms with Crippen LogP contribution >= 0.6 is 0 Å². The summed E-state index contributed by atoms with van der Waals surface area (Å²) in [6, 6.07) is 8.03. The molecule has 1 heterocycles. The number of nitrogens with one attached hydrogen (secondary N) is 1. The molecule has 0 aliphatic heterocycles. The highest BCUT2D eigenvalue weighted by molar-refractivity contribution is 5.43. The van der Waals surface area contributed by atoms with Gasteiger partial charge in [0.15, 0.2) is 11.5 Å². The Morgan fingerprint density at radius 1 is 1.24 bits per heavy atom. The van der Waals surface area contributed by atoms with E-state index in [2.05, 4.69) is 17.3 Å². The minimum Gasteiger partial charge on any atom is -0.493 e. The minimum atomic E-state index is 0.471. The molecule has 2 aromatic rings. The SMILES string of the molecule is CCNCc1ccc(OC)c(OCc2cc(C)nn2C)c1. The minimum absolute atomic E-state index is 0.471. The largest absolute Gasteiger partial charge is 0.493 e. The second-order valence-corrected chi connectivity index (χ2v) is 4.95. The quantitative estimate of drug-likeness (QED) is 0.850. The van der Waals surface area contributed by atoms with Crippen molar-refractivity contribution >= 4 is 0 Å². The fourth-order valence-electron chi connectivity index (χ4n) is 2.16. The number of hydrogen-bond donors (Lipinski definition) is 1. The molecule has 2 rings (SSSR count). The van der Waals surface area contributed by atoms with Crippen molar-refractivity contribution in [2.24, 2.45) is 7.05 Å². The third kappa shape index (κ3) is 3.98. The zero-order chi connectivity index (χ0) is 15.2. The number of rotatable bonds is 7. The lowest BCUT2D eigenvalue weighted by Crippen LogP contribution is -2.12. The predicted molar refractivity (Wildman–Crippen MR) is 82.7 cm³/mol. The summed E-state index contributed by atoms with van der Waals surface area (Å²) in [5.41, 5.74) is 3.20. The van der Waals surface area contributed by atoms with Crippen molar-refractivity contribution in [3.05, 3.63) is 41.2 Å². The Hall–Kier alpha value is -2.01. The van der Waals surface area contributed by atoms with E-state index in [9.17, 15) is 0 Å². The maximum absolute atomic E-state index is 5.92. The Morgan fingerprint density at radius 3 is 2.67 bits per heavy atom. The lowest BCUT2D eigenvalue weighted by molar-refractivity contribution is 0.275. The van der Waals surface area contributed by atoms with Gasteiger partial charge in [-0.2, -0.15) is 5.10 Å². The van der Waals surface area contributed by atoms with E-state index in [1.54, 1.807) is 7.11 Å². The molecular formula is C16H23N3O2. The average molecular weight is 289 g/mol. The van der Waals surface area contributed by atoms with Crippen LogP contribution in [-0.4, -0.2) is 23.4 Å². The summed E-state index contributed by atoms with van der Waals surface area (Å²) < 4.78 is 13.1. The highest BCUT2D eigenvalue weighted by Gasteiger charge is 2.08. The number of aryl methyl sites for hydroxylation is 2. The first-order valence-electron chi connectivity index (χ1n) is 7.14. The van der Waals surface area contributed by atoms with Crippen LogP contribution in [0, 0.1) is 6.92 Å². The average Bonchev–Trinajstić information content (AvgIpc) is 2.81. The summed E-state index contributed by atoms with van der Waals surface area (Å²) in [6.07, 6.45) is 0. The molecular weight excluding hydrogens is 266 g/mol. The van der Waals surface area contributed by atoms with E-state index in [4.69, 9.17) is 9.47 Å². The maximum Gasteiger partial charge on any atom is 0.162 e. The summed E-state index contributed by atoms with van der Waals surface area (Å²) in [5, 5.41) is 7.62. The normalized spacial score (nSPS) is 10.7. The Morgan fingerprint density at radius 2 is 2.05 bits per heavy atom. The van der Waals surface area contributed by atoms with Gasteiger partial charge in [-0.25, -0.2) is 0 Å². The van der Waals surface area contributed by atoms with Gasteiger partial charge in [-0.15, -0.1) is 0 Å². The third-order valence-electron chi connectivity index (χ3n) is 3.28. The van der Waals surface area contributed by atoms with Gasteiger partial charge in [0.2, 0.25) is 0 Å². The molecule has 21 heavy (non-hydrogen) atoms. The van der Waals surface area contributed by atoms with Gasteiger partial charge in [-0.05, 0) is 37.2 Å². The third-order valence-corrected chi connectivity index (χ3v) is 3.28. The molecule has 114 valence electrons. The lowest BCUT2D eigenvalue weighted by atomic mass is 10.2. The Balaban J connectivity index is 2.11. The van der Waals surface area contributed by atoms with Gasteiger partial charge in [0.25, 0.3) is 0 Å². The molecule has 0 amide bonds. The van der Waals surface area contributed by atoms with E-state index in [0.29, 0.717) is 6.61 Å². The van der Waals surface area contributed by atoms with Crippen molar-refractivity contribution in [2.75, 3.05) is 13.7 Å². The number of methoxy groups -OCH3 is 1. The fourth-order valence-corrected chi connectivity index (χ4v) is 2.16. The van der Waals surface area contributed by atoms with Gasteiger partial charge >= 0.3 is 0 Å². The molecule has 0 saturated heterocycles. The first-order valence-corrected chi connectivity index (χ1v) is 7.14. The molecule has 0 fully saturated rings. The van der Waals surface area contributed by atoms with E-state index >= 15 is 0 Å². The van der Waals surface area contributed by atoms with Gasteiger partial charge < -0.3 is 14.8 Å². The molecule has 1 aromatic carbocycles. The standard InChI is InChI=1S/C16H23N3O2/c1-5-17-10-13-6-7-15(20-4)16(9-13)21-11-14-8-12(2)18-19(14)3/h6-9,17H,5,10-11H2,1-4H3. The molecule has 5 heteroatoms. The van der Waals surface area contributed by atoms with Crippen LogP contribution in [0.4, 0.5) is 0 Å². The van der Waals surface area contributed by atoms with Gasteiger partial charge in [-0.3, -0.25) is 4.68 Å². The fraction of sp³-hybridized carbons (Fsp3) is 0.438. The molecule has 0 atom stereocenters. The molecule has 5 nitrogen and oxygen atoms in total. The maximum atomic E-state index is 5.92. The second-order valence-electron chi connectivity index (χ2n) is 4.95. The summed E-state index contributed by atoms with van der Waals surface area (Å²) in [5.74, 6) is 1.50. The molecule has 0 aliphatic carbocycles.